The van der Waals surface area contributed by atoms with E-state index >= 15 is 0 Å². The maximum atomic E-state index is 12.5. The van der Waals surface area contributed by atoms with Crippen molar-refractivity contribution in [1.29, 1.82) is 0 Å². The lowest BCUT2D eigenvalue weighted by atomic mass is 9.97. The summed E-state index contributed by atoms with van der Waals surface area (Å²) in [5.41, 5.74) is 5.25. The fourth-order valence-electron chi connectivity index (χ4n) is 4.29. The van der Waals surface area contributed by atoms with Gasteiger partial charge < -0.3 is 4.90 Å². The van der Waals surface area contributed by atoms with Crippen LogP contribution in [0.5, 0.6) is 0 Å². The number of carbonyl (C=O) groups excluding carboxylic acids is 1. The molecular weight excluding hydrogens is 481 g/mol. The lowest BCUT2D eigenvalue weighted by molar-refractivity contribution is 0.0705. The first kappa shape index (κ1) is 25.3. The number of aromatic nitrogens is 2. The van der Waals surface area contributed by atoms with E-state index in [9.17, 15) is 9.36 Å². The van der Waals surface area contributed by atoms with Crippen LogP contribution >= 0.6 is 17.5 Å². The van der Waals surface area contributed by atoms with Crippen molar-refractivity contribution in [2.45, 2.75) is 24.7 Å². The molecule has 0 bridgehead atoms. The van der Waals surface area contributed by atoms with Crippen molar-refractivity contribution in [2.24, 2.45) is 5.92 Å². The van der Waals surface area contributed by atoms with Gasteiger partial charge >= 0.3 is 0 Å². The fourth-order valence-corrected chi connectivity index (χ4v) is 7.20. The van der Waals surface area contributed by atoms with E-state index in [1.54, 1.807) is 5.48 Å². The van der Waals surface area contributed by atoms with Gasteiger partial charge in [0.2, 0.25) is 13.6 Å². The van der Waals surface area contributed by atoms with Gasteiger partial charge in [-0.2, -0.15) is 0 Å². The standard InChI is InChI=1S/C25H30N5O3PS/c1-18-6-5-7-20(14-18)22-8-3-4-9-23(22)35(2,34-33)28-15-19-10-12-30(13-11-19)25-26-16-21(17-27-25)24(31)29-32/h3-9,14,16-17,19,28,32H,10-13,15H2,1-2H3,(H,29,31). The molecule has 3 N–H and O–H groups in total. The number of rotatable bonds is 8. The first-order valence-corrected chi connectivity index (χ1v) is 14.9. The summed E-state index contributed by atoms with van der Waals surface area (Å²) < 4.78 is 16.2. The Balaban J connectivity index is 1.40. The number of piperidine rings is 1. The van der Waals surface area contributed by atoms with Gasteiger partial charge in [-0.3, -0.25) is 19.3 Å². The van der Waals surface area contributed by atoms with Crippen LogP contribution in [-0.2, 0) is 4.57 Å². The van der Waals surface area contributed by atoms with Gasteiger partial charge in [0, 0.05) is 36.9 Å². The molecule has 2 aromatic carbocycles. The van der Waals surface area contributed by atoms with Gasteiger partial charge in [0.05, 0.1) is 5.56 Å². The monoisotopic (exact) mass is 511 g/mol. The maximum Gasteiger partial charge on any atom is 0.277 e. The number of anilines is 1. The zero-order valence-electron chi connectivity index (χ0n) is 19.8. The van der Waals surface area contributed by atoms with Crippen LogP contribution in [0.4, 0.5) is 5.95 Å². The van der Waals surface area contributed by atoms with Crippen LogP contribution in [0.1, 0.15) is 28.8 Å². The Morgan fingerprint density at radius 1 is 1.14 bits per heavy atom. The second-order valence-corrected chi connectivity index (χ2v) is 14.1. The van der Waals surface area contributed by atoms with Crippen LogP contribution in [-0.4, -0.2) is 47.0 Å². The van der Waals surface area contributed by atoms with Gasteiger partial charge in [-0.15, -0.1) is 0 Å². The van der Waals surface area contributed by atoms with Crippen molar-refractivity contribution in [3.63, 3.8) is 0 Å². The van der Waals surface area contributed by atoms with Gasteiger partial charge in [-0.25, -0.2) is 15.4 Å². The number of aryl methyl sites for hydroxylation is 1. The first-order valence-electron chi connectivity index (χ1n) is 11.5. The summed E-state index contributed by atoms with van der Waals surface area (Å²) in [6.07, 6.45) is 6.81. The molecule has 184 valence electrons. The van der Waals surface area contributed by atoms with E-state index in [0.717, 1.165) is 48.5 Å². The number of benzene rings is 2. The Labute approximate surface area is 208 Å². The van der Waals surface area contributed by atoms with Crippen molar-refractivity contribution in [3.8, 4) is 11.1 Å². The normalized spacial score (nSPS) is 17.1. The SMILES string of the molecule is Cc1cccc(-c2ccccc2S(C)(NCC2CCN(c3ncc(C(=O)NO)cn3)CC2)P=O)c1. The highest BCUT2D eigenvalue weighted by Crippen LogP contribution is 2.62. The lowest BCUT2D eigenvalue weighted by Gasteiger charge is -2.36. The summed E-state index contributed by atoms with van der Waals surface area (Å²) in [4.78, 5) is 23.2. The molecule has 35 heavy (non-hydrogen) atoms. The second-order valence-electron chi connectivity index (χ2n) is 8.81. The zero-order chi connectivity index (χ0) is 24.8. The summed E-state index contributed by atoms with van der Waals surface area (Å²) in [6.45, 7) is 4.48. The molecule has 1 aliphatic rings. The van der Waals surface area contributed by atoms with E-state index in [1.807, 2.05) is 12.1 Å². The van der Waals surface area contributed by atoms with Crippen LogP contribution in [0, 0.1) is 12.8 Å². The molecule has 0 saturated carbocycles. The highest BCUT2D eigenvalue weighted by Gasteiger charge is 2.28. The highest BCUT2D eigenvalue weighted by molar-refractivity contribution is 8.68. The zero-order valence-corrected chi connectivity index (χ0v) is 21.6. The van der Waals surface area contributed by atoms with E-state index in [2.05, 4.69) is 69.2 Å². The molecule has 0 radical (unpaired) electrons. The third-order valence-corrected chi connectivity index (χ3v) is 10.5. The molecule has 1 atom stereocenters. The van der Waals surface area contributed by atoms with Crippen LogP contribution in [0.25, 0.3) is 11.1 Å². The van der Waals surface area contributed by atoms with Crippen molar-refractivity contribution in [1.82, 2.24) is 20.2 Å². The molecule has 1 saturated heterocycles. The number of nitrogens with one attached hydrogen (secondary N) is 2. The maximum absolute atomic E-state index is 12.5. The molecule has 2 heterocycles. The predicted octanol–water partition coefficient (Wildman–Crippen LogP) is 4.99. The van der Waals surface area contributed by atoms with Crippen LogP contribution in [0.15, 0.2) is 65.8 Å². The van der Waals surface area contributed by atoms with Gasteiger partial charge in [0.25, 0.3) is 5.91 Å². The van der Waals surface area contributed by atoms with Crippen molar-refractivity contribution in [3.05, 3.63) is 72.1 Å². The molecular formula is C25H30N5O3PS. The van der Waals surface area contributed by atoms with E-state index in [1.165, 1.54) is 18.0 Å². The largest absolute Gasteiger partial charge is 0.341 e. The van der Waals surface area contributed by atoms with Gasteiger partial charge in [-0.1, -0.05) is 57.9 Å². The molecule has 10 heteroatoms. The Hall–Kier alpha value is -2.84. The van der Waals surface area contributed by atoms with E-state index < -0.39 is 15.7 Å². The smallest absolute Gasteiger partial charge is 0.277 e. The number of nitrogens with zero attached hydrogens (tertiary/aromatic N) is 3. The first-order chi connectivity index (χ1) is 16.9. The third-order valence-electron chi connectivity index (χ3n) is 6.35. The quantitative estimate of drug-likeness (QED) is 0.222. The second kappa shape index (κ2) is 11.3. The van der Waals surface area contributed by atoms with Crippen LogP contribution in [0.3, 0.4) is 0 Å². The predicted molar refractivity (Wildman–Crippen MR) is 140 cm³/mol. The molecule has 1 aromatic heterocycles. The number of carbonyl (C=O) groups is 1. The Bertz CT molecular complexity index is 1190. The minimum atomic E-state index is -1.76. The van der Waals surface area contributed by atoms with Crippen LogP contribution < -0.4 is 15.1 Å². The Morgan fingerprint density at radius 3 is 2.51 bits per heavy atom. The van der Waals surface area contributed by atoms with Crippen molar-refractivity contribution < 1.29 is 14.6 Å². The summed E-state index contributed by atoms with van der Waals surface area (Å²) in [7, 11) is -1.65. The van der Waals surface area contributed by atoms with Crippen molar-refractivity contribution in [2.75, 3.05) is 30.8 Å². The molecule has 3 aromatic rings. The molecule has 0 spiro atoms. The third kappa shape index (κ3) is 5.87. The topological polar surface area (TPSA) is 107 Å². The molecule has 1 aliphatic heterocycles. The minimum Gasteiger partial charge on any atom is -0.341 e. The molecule has 8 nitrogen and oxygen atoms in total. The Kier molecular flexibility index (Phi) is 8.13. The van der Waals surface area contributed by atoms with Gasteiger partial charge in [0.1, 0.15) is 0 Å². The number of hydrogen-bond acceptors (Lipinski definition) is 7. The number of hydrogen-bond donors (Lipinski definition) is 3. The highest BCUT2D eigenvalue weighted by atomic mass is 32.8. The van der Waals surface area contributed by atoms with Gasteiger partial charge in [0.15, 0.2) is 0 Å². The Morgan fingerprint density at radius 2 is 1.86 bits per heavy atom. The lowest BCUT2D eigenvalue weighted by Crippen LogP contribution is -2.38. The van der Waals surface area contributed by atoms with E-state index in [-0.39, 0.29) is 13.2 Å². The summed E-state index contributed by atoms with van der Waals surface area (Å²) in [5, 5.41) is 8.73. The molecule has 1 amide bonds. The number of amides is 1. The van der Waals surface area contributed by atoms with E-state index in [0.29, 0.717) is 11.9 Å². The molecule has 1 fully saturated rings. The fraction of sp³-hybridized carbons (Fsp3) is 0.320. The van der Waals surface area contributed by atoms with E-state index in [4.69, 9.17) is 5.21 Å². The summed E-state index contributed by atoms with van der Waals surface area (Å²) in [6, 6.07) is 16.7. The summed E-state index contributed by atoms with van der Waals surface area (Å²) in [5.74, 6) is 0.394. The molecule has 1 unspecified atom stereocenters. The molecule has 4 rings (SSSR count). The van der Waals surface area contributed by atoms with Crippen LogP contribution in [0.2, 0.25) is 0 Å². The number of hydroxylamine groups is 1. The average molecular weight is 512 g/mol. The molecule has 0 aliphatic carbocycles. The summed E-state index contributed by atoms with van der Waals surface area (Å²) >= 11 is 0. The minimum absolute atomic E-state index is 0.110. The van der Waals surface area contributed by atoms with Crippen molar-refractivity contribution >= 4 is 29.4 Å². The average Bonchev–Trinajstić information content (AvgIpc) is 2.91. The van der Waals surface area contributed by atoms with Gasteiger partial charge in [-0.05, 0) is 49.1 Å².